The molecule has 2 atom stereocenters. The van der Waals surface area contributed by atoms with Gasteiger partial charge in [-0.1, -0.05) is 0 Å². The third kappa shape index (κ3) is 2.98. The van der Waals surface area contributed by atoms with Gasteiger partial charge < -0.3 is 0 Å². The molecule has 7 heteroatoms. The molecule has 0 aliphatic rings. The van der Waals surface area contributed by atoms with Crippen LogP contribution in [0.5, 0.6) is 0 Å². The number of hydrogen-bond acceptors (Lipinski definition) is 3. The Balaban J connectivity index is 2.95. The van der Waals surface area contributed by atoms with E-state index < -0.39 is 22.8 Å². The first kappa shape index (κ1) is 12.1. The van der Waals surface area contributed by atoms with Crippen molar-refractivity contribution >= 4 is 10.8 Å². The molecule has 0 amide bonds. The van der Waals surface area contributed by atoms with Gasteiger partial charge in [0.25, 0.3) is 0 Å². The van der Waals surface area contributed by atoms with Crippen LogP contribution in [0.1, 0.15) is 23.6 Å². The van der Waals surface area contributed by atoms with E-state index in [4.69, 9.17) is 0 Å². The summed E-state index contributed by atoms with van der Waals surface area (Å²) in [6.07, 6.45) is -0.945. The maximum atomic E-state index is 12.1. The predicted octanol–water partition coefficient (Wildman–Crippen LogP) is 1.93. The number of hydrogen-bond donors (Lipinski definition) is 0. The summed E-state index contributed by atoms with van der Waals surface area (Å²) in [5.74, 6) is -1.18. The number of alkyl halides is 3. The van der Waals surface area contributed by atoms with Gasteiger partial charge in [0.05, 0.1) is 5.25 Å². The lowest BCUT2D eigenvalue weighted by molar-refractivity contribution is -0.145. The van der Waals surface area contributed by atoms with Crippen molar-refractivity contribution in [3.63, 3.8) is 0 Å². The molecule has 0 saturated heterocycles. The highest BCUT2D eigenvalue weighted by molar-refractivity contribution is 7.84. The smallest absolute Gasteiger partial charge is 0.259 e. The lowest BCUT2D eigenvalue weighted by Gasteiger charge is -2.09. The summed E-state index contributed by atoms with van der Waals surface area (Å²) < 4.78 is 47.3. The van der Waals surface area contributed by atoms with Crippen molar-refractivity contribution in [3.05, 3.63) is 23.8 Å². The molecule has 0 aliphatic carbocycles. The molecule has 0 aliphatic heterocycles. The molecule has 84 valence electrons. The van der Waals surface area contributed by atoms with Gasteiger partial charge in [-0.3, -0.25) is 4.21 Å². The molecule has 0 radical (unpaired) electrons. The van der Waals surface area contributed by atoms with Crippen molar-refractivity contribution < 1.29 is 17.4 Å². The van der Waals surface area contributed by atoms with Gasteiger partial charge in [-0.2, -0.15) is 13.2 Å². The van der Waals surface area contributed by atoms with E-state index in [-0.39, 0.29) is 5.25 Å². The lowest BCUT2D eigenvalue weighted by Crippen LogP contribution is -2.12. The van der Waals surface area contributed by atoms with E-state index in [9.17, 15) is 17.4 Å². The first-order chi connectivity index (χ1) is 6.82. The first-order valence-electron chi connectivity index (χ1n) is 4.03. The maximum Gasteiger partial charge on any atom is 0.451 e. The van der Waals surface area contributed by atoms with Crippen LogP contribution in [0.15, 0.2) is 12.4 Å². The van der Waals surface area contributed by atoms with Crippen LogP contribution in [0.25, 0.3) is 0 Å². The Hall–Kier alpha value is -0.980. The van der Waals surface area contributed by atoms with Gasteiger partial charge in [-0.25, -0.2) is 9.97 Å². The van der Waals surface area contributed by atoms with Crippen molar-refractivity contribution in [3.8, 4) is 0 Å². The van der Waals surface area contributed by atoms with Crippen molar-refractivity contribution in [1.29, 1.82) is 0 Å². The quantitative estimate of drug-likeness (QED) is 0.790. The summed E-state index contributed by atoms with van der Waals surface area (Å²) >= 11 is 0. The molecular formula is C8H9F3N2OS. The number of nitrogens with zero attached hydrogens (tertiary/aromatic N) is 2. The van der Waals surface area contributed by atoms with E-state index >= 15 is 0 Å². The third-order valence-electron chi connectivity index (χ3n) is 1.89. The number of halogens is 3. The zero-order valence-corrected chi connectivity index (χ0v) is 8.89. The molecule has 3 nitrogen and oxygen atoms in total. The molecule has 1 rings (SSSR count). The topological polar surface area (TPSA) is 42.9 Å². The largest absolute Gasteiger partial charge is 0.451 e. The zero-order chi connectivity index (χ0) is 11.6. The summed E-state index contributed by atoms with van der Waals surface area (Å²) in [7, 11) is -1.15. The predicted molar refractivity (Wildman–Crippen MR) is 49.5 cm³/mol. The minimum atomic E-state index is -4.53. The second kappa shape index (κ2) is 4.26. The number of rotatable bonds is 2. The van der Waals surface area contributed by atoms with Gasteiger partial charge in [0, 0.05) is 35.0 Å². The van der Waals surface area contributed by atoms with Gasteiger partial charge in [0.2, 0.25) is 5.82 Å². The summed E-state index contributed by atoms with van der Waals surface area (Å²) in [6, 6.07) is 0. The van der Waals surface area contributed by atoms with E-state index in [1.807, 2.05) is 0 Å². The maximum absolute atomic E-state index is 12.1. The minimum Gasteiger partial charge on any atom is -0.259 e. The fourth-order valence-electron chi connectivity index (χ4n) is 0.886. The van der Waals surface area contributed by atoms with Gasteiger partial charge in [0.15, 0.2) is 0 Å². The molecule has 15 heavy (non-hydrogen) atoms. The summed E-state index contributed by atoms with van der Waals surface area (Å²) in [6.45, 7) is 1.64. The standard InChI is InChI=1S/C8H9F3N2OS/c1-5(15(2)14)6-3-12-7(13-4-6)8(9,10)11/h3-5H,1-2H3. The SMILES string of the molecule is CC(c1cnc(C(F)(F)F)nc1)S(C)=O. The highest BCUT2D eigenvalue weighted by atomic mass is 32.2. The molecule has 0 spiro atoms. The normalized spacial score (nSPS) is 16.1. The van der Waals surface area contributed by atoms with Crippen LogP contribution < -0.4 is 0 Å². The van der Waals surface area contributed by atoms with E-state index in [1.54, 1.807) is 6.92 Å². The Kier molecular flexibility index (Phi) is 3.43. The molecule has 0 bridgehead atoms. The number of aromatic nitrogens is 2. The molecular weight excluding hydrogens is 229 g/mol. The van der Waals surface area contributed by atoms with Crippen LogP contribution in [-0.2, 0) is 17.0 Å². The molecule has 0 fully saturated rings. The van der Waals surface area contributed by atoms with E-state index in [2.05, 4.69) is 9.97 Å². The van der Waals surface area contributed by atoms with E-state index in [0.717, 1.165) is 12.4 Å². The Morgan fingerprint density at radius 2 is 1.80 bits per heavy atom. The molecule has 1 heterocycles. The molecule has 0 saturated carbocycles. The van der Waals surface area contributed by atoms with Gasteiger partial charge >= 0.3 is 6.18 Å². The van der Waals surface area contributed by atoms with Gasteiger partial charge in [0.1, 0.15) is 0 Å². The Bertz CT molecular complexity index is 363. The molecule has 0 N–H and O–H groups in total. The first-order valence-corrected chi connectivity index (χ1v) is 5.66. The second-order valence-electron chi connectivity index (χ2n) is 2.98. The Morgan fingerprint density at radius 3 is 2.13 bits per heavy atom. The van der Waals surface area contributed by atoms with Crippen LogP contribution in [0.2, 0.25) is 0 Å². The van der Waals surface area contributed by atoms with Crippen molar-refractivity contribution in [2.75, 3.05) is 6.26 Å². The van der Waals surface area contributed by atoms with Crippen molar-refractivity contribution in [2.45, 2.75) is 18.3 Å². The lowest BCUT2D eigenvalue weighted by atomic mass is 10.2. The van der Waals surface area contributed by atoms with Gasteiger partial charge in [-0.05, 0) is 6.92 Å². The Labute approximate surface area is 87.2 Å². The summed E-state index contributed by atoms with van der Waals surface area (Å²) in [5, 5.41) is -0.368. The van der Waals surface area contributed by atoms with Crippen molar-refractivity contribution in [1.82, 2.24) is 9.97 Å². The molecule has 1 aromatic rings. The van der Waals surface area contributed by atoms with Crippen LogP contribution in [0.3, 0.4) is 0 Å². The molecule has 0 aromatic carbocycles. The second-order valence-corrected chi connectivity index (χ2v) is 4.68. The van der Waals surface area contributed by atoms with Crippen molar-refractivity contribution in [2.24, 2.45) is 0 Å². The highest BCUT2D eigenvalue weighted by Crippen LogP contribution is 2.26. The van der Waals surface area contributed by atoms with E-state index in [1.165, 1.54) is 6.26 Å². The van der Waals surface area contributed by atoms with Gasteiger partial charge in [-0.15, -0.1) is 0 Å². The Morgan fingerprint density at radius 1 is 1.33 bits per heavy atom. The molecule has 1 aromatic heterocycles. The summed E-state index contributed by atoms with van der Waals surface area (Å²) in [4.78, 5) is 6.37. The summed E-state index contributed by atoms with van der Waals surface area (Å²) in [5.41, 5.74) is 0.434. The fourth-order valence-corrected chi connectivity index (χ4v) is 1.39. The average Bonchev–Trinajstić information content (AvgIpc) is 2.15. The minimum absolute atomic E-state index is 0.368. The highest BCUT2D eigenvalue weighted by Gasteiger charge is 2.34. The zero-order valence-electron chi connectivity index (χ0n) is 8.08. The van der Waals surface area contributed by atoms with E-state index in [0.29, 0.717) is 5.56 Å². The fraction of sp³-hybridized carbons (Fsp3) is 0.500. The van der Waals surface area contributed by atoms with Crippen LogP contribution in [0.4, 0.5) is 13.2 Å². The third-order valence-corrected chi connectivity index (χ3v) is 3.16. The van der Waals surface area contributed by atoms with Crippen LogP contribution >= 0.6 is 0 Å². The van der Waals surface area contributed by atoms with Crippen LogP contribution in [-0.4, -0.2) is 20.4 Å². The molecule has 2 unspecified atom stereocenters. The monoisotopic (exact) mass is 238 g/mol. The van der Waals surface area contributed by atoms with Crippen LogP contribution in [0, 0.1) is 0 Å². The average molecular weight is 238 g/mol.